The van der Waals surface area contributed by atoms with E-state index in [-0.39, 0.29) is 17.9 Å². The van der Waals surface area contributed by atoms with Gasteiger partial charge in [0.25, 0.3) is 0 Å². The first-order chi connectivity index (χ1) is 11.9. The summed E-state index contributed by atoms with van der Waals surface area (Å²) >= 11 is 0. The number of nitrogens with two attached hydrogens (primary N) is 1. The number of aromatic nitrogens is 1. The number of anilines is 1. The molecule has 0 saturated heterocycles. The highest BCUT2D eigenvalue weighted by molar-refractivity contribution is 5.92. The number of rotatable bonds is 3. The van der Waals surface area contributed by atoms with Crippen LogP contribution < -0.4 is 20.5 Å². The molecular weight excluding hydrogens is 320 g/mol. The standard InChI is InChI=1S/C18H24N4O3/c1-18(2,3)15-10-20-16(25-15)11-21-17(19)22-12-5-6-13-14(9-12)24-8-4-7-23-13/h5-6,9-10H,4,7-8,11H2,1-3H3,(H3,19,21,22). The van der Waals surface area contributed by atoms with E-state index in [0.717, 1.165) is 23.6 Å². The lowest BCUT2D eigenvalue weighted by Gasteiger charge is -2.13. The highest BCUT2D eigenvalue weighted by atomic mass is 16.5. The molecule has 7 heteroatoms. The molecule has 0 atom stereocenters. The molecule has 1 aromatic carbocycles. The average molecular weight is 344 g/mol. The van der Waals surface area contributed by atoms with Gasteiger partial charge in [0.15, 0.2) is 17.5 Å². The van der Waals surface area contributed by atoms with Gasteiger partial charge in [-0.15, -0.1) is 0 Å². The minimum Gasteiger partial charge on any atom is -0.490 e. The van der Waals surface area contributed by atoms with Gasteiger partial charge in [-0.3, -0.25) is 0 Å². The Kier molecular flexibility index (Phi) is 4.83. The Balaban J connectivity index is 1.63. The molecule has 1 aliphatic heterocycles. The third-order valence-electron chi connectivity index (χ3n) is 3.70. The summed E-state index contributed by atoms with van der Waals surface area (Å²) in [5.74, 6) is 3.09. The molecule has 0 spiro atoms. The molecule has 0 saturated carbocycles. The fourth-order valence-corrected chi connectivity index (χ4v) is 2.31. The summed E-state index contributed by atoms with van der Waals surface area (Å²) in [6.07, 6.45) is 2.60. The van der Waals surface area contributed by atoms with Crippen molar-refractivity contribution in [2.75, 3.05) is 18.5 Å². The summed E-state index contributed by atoms with van der Waals surface area (Å²) < 4.78 is 17.0. The van der Waals surface area contributed by atoms with Gasteiger partial charge in [0.1, 0.15) is 12.3 Å². The quantitative estimate of drug-likeness (QED) is 0.656. The van der Waals surface area contributed by atoms with Crippen LogP contribution in [0.4, 0.5) is 5.69 Å². The Labute approximate surface area is 147 Å². The van der Waals surface area contributed by atoms with Gasteiger partial charge in [-0.2, -0.15) is 0 Å². The number of hydrogen-bond acceptors (Lipinski definition) is 5. The van der Waals surface area contributed by atoms with Crippen molar-refractivity contribution in [2.45, 2.75) is 39.2 Å². The largest absolute Gasteiger partial charge is 0.490 e. The predicted molar refractivity (Wildman–Crippen MR) is 96.2 cm³/mol. The summed E-state index contributed by atoms with van der Waals surface area (Å²) in [5, 5.41) is 3.04. The zero-order valence-electron chi connectivity index (χ0n) is 14.8. The zero-order chi connectivity index (χ0) is 17.9. The first kappa shape index (κ1) is 17.1. The molecule has 0 fully saturated rings. The first-order valence-corrected chi connectivity index (χ1v) is 8.33. The molecule has 134 valence electrons. The van der Waals surface area contributed by atoms with Crippen molar-refractivity contribution < 1.29 is 13.9 Å². The van der Waals surface area contributed by atoms with Crippen LogP contribution in [0.2, 0.25) is 0 Å². The number of fused-ring (bicyclic) bond motifs is 1. The van der Waals surface area contributed by atoms with Crippen LogP contribution in [0.1, 0.15) is 38.8 Å². The predicted octanol–water partition coefficient (Wildman–Crippen LogP) is 3.06. The van der Waals surface area contributed by atoms with E-state index < -0.39 is 0 Å². The fraction of sp³-hybridized carbons (Fsp3) is 0.444. The van der Waals surface area contributed by atoms with Gasteiger partial charge in [-0.1, -0.05) is 20.8 Å². The Morgan fingerprint density at radius 3 is 2.72 bits per heavy atom. The van der Waals surface area contributed by atoms with Crippen LogP contribution in [0.5, 0.6) is 11.5 Å². The molecule has 3 N–H and O–H groups in total. The molecule has 0 radical (unpaired) electrons. The van der Waals surface area contributed by atoms with Crippen LogP contribution in [0, 0.1) is 0 Å². The molecule has 25 heavy (non-hydrogen) atoms. The topological polar surface area (TPSA) is 94.9 Å². The highest BCUT2D eigenvalue weighted by Gasteiger charge is 2.19. The van der Waals surface area contributed by atoms with Crippen LogP contribution in [-0.2, 0) is 12.0 Å². The van der Waals surface area contributed by atoms with Gasteiger partial charge in [0.05, 0.1) is 19.4 Å². The number of oxazole rings is 1. The van der Waals surface area contributed by atoms with Crippen molar-refractivity contribution >= 4 is 11.6 Å². The van der Waals surface area contributed by atoms with E-state index in [0.29, 0.717) is 24.9 Å². The molecule has 1 aliphatic rings. The van der Waals surface area contributed by atoms with Crippen LogP contribution in [0.15, 0.2) is 33.8 Å². The first-order valence-electron chi connectivity index (χ1n) is 8.33. The molecule has 2 heterocycles. The summed E-state index contributed by atoms with van der Waals surface area (Å²) in [7, 11) is 0. The van der Waals surface area contributed by atoms with Gasteiger partial charge in [-0.05, 0) is 12.1 Å². The van der Waals surface area contributed by atoms with Crippen molar-refractivity contribution in [1.82, 2.24) is 4.98 Å². The molecule has 0 bridgehead atoms. The van der Waals surface area contributed by atoms with E-state index >= 15 is 0 Å². The highest BCUT2D eigenvalue weighted by Crippen LogP contribution is 2.32. The summed E-state index contributed by atoms with van der Waals surface area (Å²) in [6, 6.07) is 5.59. The van der Waals surface area contributed by atoms with Crippen molar-refractivity contribution in [2.24, 2.45) is 10.7 Å². The van der Waals surface area contributed by atoms with Gasteiger partial charge in [-0.25, -0.2) is 9.98 Å². The van der Waals surface area contributed by atoms with Crippen molar-refractivity contribution in [3.8, 4) is 11.5 Å². The van der Waals surface area contributed by atoms with E-state index in [4.69, 9.17) is 19.6 Å². The number of ether oxygens (including phenoxy) is 2. The average Bonchev–Trinajstić information content (AvgIpc) is 2.92. The third kappa shape index (κ3) is 4.43. The minimum absolute atomic E-state index is 0.0807. The molecule has 2 aromatic rings. The number of benzene rings is 1. The molecule has 0 amide bonds. The molecule has 1 aromatic heterocycles. The number of hydrogen-bond donors (Lipinski definition) is 2. The zero-order valence-corrected chi connectivity index (χ0v) is 14.8. The maximum Gasteiger partial charge on any atom is 0.216 e. The summed E-state index contributed by atoms with van der Waals surface area (Å²) in [5.41, 5.74) is 6.66. The number of nitrogens with zero attached hydrogens (tertiary/aromatic N) is 2. The summed E-state index contributed by atoms with van der Waals surface area (Å²) in [4.78, 5) is 8.51. The fourth-order valence-electron chi connectivity index (χ4n) is 2.31. The van der Waals surface area contributed by atoms with Crippen molar-refractivity contribution in [3.05, 3.63) is 36.0 Å². The Morgan fingerprint density at radius 2 is 2.00 bits per heavy atom. The lowest BCUT2D eigenvalue weighted by atomic mass is 9.94. The van der Waals surface area contributed by atoms with Gasteiger partial charge in [0.2, 0.25) is 5.89 Å². The monoisotopic (exact) mass is 344 g/mol. The van der Waals surface area contributed by atoms with Gasteiger partial charge < -0.3 is 24.9 Å². The molecule has 0 aliphatic carbocycles. The SMILES string of the molecule is CC(C)(C)c1cnc(CN=C(N)Nc2ccc3c(c2)OCCCO3)o1. The normalized spacial score (nSPS) is 14.9. The lowest BCUT2D eigenvalue weighted by molar-refractivity contribution is 0.297. The van der Waals surface area contributed by atoms with E-state index in [9.17, 15) is 0 Å². The maximum absolute atomic E-state index is 5.95. The molecule has 7 nitrogen and oxygen atoms in total. The molecule has 3 rings (SSSR count). The second-order valence-electron chi connectivity index (χ2n) is 6.91. The third-order valence-corrected chi connectivity index (χ3v) is 3.70. The van der Waals surface area contributed by atoms with E-state index in [1.54, 1.807) is 6.20 Å². The smallest absolute Gasteiger partial charge is 0.216 e. The van der Waals surface area contributed by atoms with Crippen LogP contribution >= 0.6 is 0 Å². The molecular formula is C18H24N4O3. The second kappa shape index (κ2) is 7.04. The summed E-state index contributed by atoms with van der Waals surface area (Å²) in [6.45, 7) is 7.79. The van der Waals surface area contributed by atoms with Crippen molar-refractivity contribution in [1.29, 1.82) is 0 Å². The van der Waals surface area contributed by atoms with Crippen LogP contribution in [0.25, 0.3) is 0 Å². The van der Waals surface area contributed by atoms with E-state index in [1.165, 1.54) is 0 Å². The number of nitrogens with one attached hydrogen (secondary N) is 1. The minimum atomic E-state index is -0.0807. The Hall–Kier alpha value is -2.70. The van der Waals surface area contributed by atoms with E-state index in [1.807, 2.05) is 18.2 Å². The van der Waals surface area contributed by atoms with Gasteiger partial charge in [0, 0.05) is 23.6 Å². The van der Waals surface area contributed by atoms with Crippen molar-refractivity contribution in [3.63, 3.8) is 0 Å². The van der Waals surface area contributed by atoms with E-state index in [2.05, 4.69) is 36.1 Å². The maximum atomic E-state index is 5.95. The number of guanidine groups is 1. The van der Waals surface area contributed by atoms with Crippen LogP contribution in [-0.4, -0.2) is 24.2 Å². The lowest BCUT2D eigenvalue weighted by Crippen LogP contribution is -2.22. The Morgan fingerprint density at radius 1 is 1.24 bits per heavy atom. The second-order valence-corrected chi connectivity index (χ2v) is 6.91. The number of aliphatic imine (C=N–C) groups is 1. The van der Waals surface area contributed by atoms with Crippen LogP contribution in [0.3, 0.4) is 0 Å². The van der Waals surface area contributed by atoms with Gasteiger partial charge >= 0.3 is 0 Å². The Bertz CT molecular complexity index is 762. The molecule has 0 unspecified atom stereocenters.